The maximum atomic E-state index is 13.1. The SMILES string of the molecule is CN(C1CCCCC1)S(=O)(=O)c1cccc(C(=O)Nc2cccc3cccnc23)c1. The van der Waals surface area contributed by atoms with Crippen LogP contribution in [0.25, 0.3) is 10.9 Å². The van der Waals surface area contributed by atoms with Gasteiger partial charge >= 0.3 is 0 Å². The average molecular weight is 424 g/mol. The molecule has 0 bridgehead atoms. The molecular weight excluding hydrogens is 398 g/mol. The zero-order chi connectivity index (χ0) is 21.1. The van der Waals surface area contributed by atoms with Gasteiger partial charge in [-0.05, 0) is 43.2 Å². The minimum absolute atomic E-state index is 0.0167. The summed E-state index contributed by atoms with van der Waals surface area (Å²) in [5.74, 6) is -0.370. The minimum Gasteiger partial charge on any atom is -0.320 e. The topological polar surface area (TPSA) is 79.4 Å². The molecule has 30 heavy (non-hydrogen) atoms. The van der Waals surface area contributed by atoms with Crippen LogP contribution < -0.4 is 5.32 Å². The maximum Gasteiger partial charge on any atom is 0.255 e. The van der Waals surface area contributed by atoms with E-state index in [9.17, 15) is 13.2 Å². The van der Waals surface area contributed by atoms with Gasteiger partial charge in [-0.1, -0.05) is 43.5 Å². The molecule has 1 saturated carbocycles. The van der Waals surface area contributed by atoms with Crippen molar-refractivity contribution in [3.8, 4) is 0 Å². The Bertz CT molecular complexity index is 1170. The number of carbonyl (C=O) groups excluding carboxylic acids is 1. The Labute approximate surface area is 177 Å². The number of aromatic nitrogens is 1. The number of anilines is 1. The second kappa shape index (κ2) is 8.53. The number of hydrogen-bond acceptors (Lipinski definition) is 4. The summed E-state index contributed by atoms with van der Waals surface area (Å²) in [6.45, 7) is 0. The van der Waals surface area contributed by atoms with E-state index in [1.54, 1.807) is 37.5 Å². The molecule has 6 nitrogen and oxygen atoms in total. The first-order chi connectivity index (χ1) is 14.5. The van der Waals surface area contributed by atoms with Gasteiger partial charge in [-0.25, -0.2) is 8.42 Å². The van der Waals surface area contributed by atoms with E-state index in [0.717, 1.165) is 37.5 Å². The van der Waals surface area contributed by atoms with Gasteiger partial charge in [0.05, 0.1) is 16.1 Å². The number of fused-ring (bicyclic) bond motifs is 1. The molecule has 0 atom stereocenters. The largest absolute Gasteiger partial charge is 0.320 e. The van der Waals surface area contributed by atoms with Gasteiger partial charge < -0.3 is 5.32 Å². The molecule has 3 aromatic rings. The highest BCUT2D eigenvalue weighted by Crippen LogP contribution is 2.27. The van der Waals surface area contributed by atoms with Crippen LogP contribution in [-0.4, -0.2) is 36.7 Å². The molecule has 1 aromatic heterocycles. The van der Waals surface area contributed by atoms with Gasteiger partial charge in [0.1, 0.15) is 0 Å². The van der Waals surface area contributed by atoms with E-state index in [1.165, 1.54) is 10.4 Å². The van der Waals surface area contributed by atoms with Crippen molar-refractivity contribution >= 4 is 32.5 Å². The van der Waals surface area contributed by atoms with E-state index in [4.69, 9.17) is 0 Å². The molecule has 1 amide bonds. The average Bonchev–Trinajstić information content (AvgIpc) is 2.79. The Hall–Kier alpha value is -2.77. The van der Waals surface area contributed by atoms with Crippen molar-refractivity contribution in [2.75, 3.05) is 12.4 Å². The number of amides is 1. The lowest BCUT2D eigenvalue weighted by Gasteiger charge is -2.30. The van der Waals surface area contributed by atoms with Crippen LogP contribution in [0.1, 0.15) is 42.5 Å². The predicted molar refractivity (Wildman–Crippen MR) is 118 cm³/mol. The van der Waals surface area contributed by atoms with E-state index < -0.39 is 10.0 Å². The molecule has 0 spiro atoms. The molecule has 0 unspecified atom stereocenters. The quantitative estimate of drug-likeness (QED) is 0.658. The third-order valence-electron chi connectivity index (χ3n) is 5.74. The van der Waals surface area contributed by atoms with Crippen molar-refractivity contribution in [2.45, 2.75) is 43.0 Å². The van der Waals surface area contributed by atoms with Crippen molar-refractivity contribution in [2.24, 2.45) is 0 Å². The van der Waals surface area contributed by atoms with E-state index in [1.807, 2.05) is 24.3 Å². The lowest BCUT2D eigenvalue weighted by atomic mass is 9.96. The molecule has 1 aliphatic rings. The monoisotopic (exact) mass is 423 g/mol. The highest BCUT2D eigenvalue weighted by Gasteiger charge is 2.29. The molecule has 7 heteroatoms. The Kier molecular flexibility index (Phi) is 5.83. The van der Waals surface area contributed by atoms with Crippen molar-refractivity contribution in [3.05, 3.63) is 66.4 Å². The van der Waals surface area contributed by atoms with Crippen LogP contribution in [0.2, 0.25) is 0 Å². The first-order valence-electron chi connectivity index (χ1n) is 10.2. The summed E-state index contributed by atoms with van der Waals surface area (Å²) in [6, 6.07) is 15.6. The van der Waals surface area contributed by atoms with E-state index >= 15 is 0 Å². The van der Waals surface area contributed by atoms with Gasteiger partial charge in [0.2, 0.25) is 10.0 Å². The van der Waals surface area contributed by atoms with Crippen LogP contribution in [0.3, 0.4) is 0 Å². The molecule has 2 aromatic carbocycles. The minimum atomic E-state index is -3.66. The van der Waals surface area contributed by atoms with Gasteiger partial charge in [-0.15, -0.1) is 0 Å². The van der Waals surface area contributed by atoms with Gasteiger partial charge in [0.25, 0.3) is 5.91 Å². The van der Waals surface area contributed by atoms with Crippen LogP contribution in [0.15, 0.2) is 65.7 Å². The van der Waals surface area contributed by atoms with Gasteiger partial charge in [0.15, 0.2) is 0 Å². The number of rotatable bonds is 5. The number of sulfonamides is 1. The molecule has 156 valence electrons. The molecule has 1 heterocycles. The number of benzene rings is 2. The van der Waals surface area contributed by atoms with Gasteiger partial charge in [-0.3, -0.25) is 9.78 Å². The first kappa shape index (κ1) is 20.5. The van der Waals surface area contributed by atoms with Crippen molar-refractivity contribution in [1.29, 1.82) is 0 Å². The summed E-state index contributed by atoms with van der Waals surface area (Å²) in [5.41, 5.74) is 1.57. The van der Waals surface area contributed by atoms with E-state index in [0.29, 0.717) is 16.8 Å². The number of carbonyl (C=O) groups is 1. The highest BCUT2D eigenvalue weighted by atomic mass is 32.2. The second-order valence-corrected chi connectivity index (χ2v) is 9.67. The van der Waals surface area contributed by atoms with Crippen LogP contribution >= 0.6 is 0 Å². The van der Waals surface area contributed by atoms with Crippen LogP contribution in [-0.2, 0) is 10.0 Å². The van der Waals surface area contributed by atoms with Crippen molar-refractivity contribution < 1.29 is 13.2 Å². The second-order valence-electron chi connectivity index (χ2n) is 7.68. The summed E-state index contributed by atoms with van der Waals surface area (Å²) >= 11 is 0. The first-order valence-corrected chi connectivity index (χ1v) is 11.6. The number of para-hydroxylation sites is 1. The van der Waals surface area contributed by atoms with E-state index in [2.05, 4.69) is 10.3 Å². The maximum absolute atomic E-state index is 13.1. The summed E-state index contributed by atoms with van der Waals surface area (Å²) in [4.78, 5) is 17.3. The summed E-state index contributed by atoms with van der Waals surface area (Å²) in [7, 11) is -2.02. The standard InChI is InChI=1S/C23H25N3O3S/c1-26(19-11-3-2-4-12-19)30(28,29)20-13-5-9-18(16-20)23(27)25-21-14-6-8-17-10-7-15-24-22(17)21/h5-10,13-16,19H,2-4,11-12H2,1H3,(H,25,27). The molecule has 4 rings (SSSR count). The van der Waals surface area contributed by atoms with E-state index in [-0.39, 0.29) is 16.8 Å². The molecule has 0 saturated heterocycles. The smallest absolute Gasteiger partial charge is 0.255 e. The number of nitrogens with one attached hydrogen (secondary N) is 1. The van der Waals surface area contributed by atoms with Crippen LogP contribution in [0, 0.1) is 0 Å². The van der Waals surface area contributed by atoms with Crippen LogP contribution in [0.4, 0.5) is 5.69 Å². The molecule has 1 fully saturated rings. The zero-order valence-corrected chi connectivity index (χ0v) is 17.7. The highest BCUT2D eigenvalue weighted by molar-refractivity contribution is 7.89. The molecule has 0 aliphatic heterocycles. The fourth-order valence-electron chi connectivity index (χ4n) is 4.00. The lowest BCUT2D eigenvalue weighted by molar-refractivity contribution is 0.102. The zero-order valence-electron chi connectivity index (χ0n) is 16.9. The molecular formula is C23H25N3O3S. The Balaban J connectivity index is 1.58. The van der Waals surface area contributed by atoms with Gasteiger partial charge in [-0.2, -0.15) is 4.31 Å². The van der Waals surface area contributed by atoms with Crippen molar-refractivity contribution in [3.63, 3.8) is 0 Å². The fourth-order valence-corrected chi connectivity index (χ4v) is 5.47. The Morgan fingerprint density at radius 3 is 2.57 bits per heavy atom. The number of hydrogen-bond donors (Lipinski definition) is 1. The third kappa shape index (κ3) is 4.08. The number of pyridine rings is 1. The lowest BCUT2D eigenvalue weighted by Crippen LogP contribution is -2.38. The summed E-state index contributed by atoms with van der Waals surface area (Å²) in [6.07, 6.45) is 6.68. The summed E-state index contributed by atoms with van der Waals surface area (Å²) < 4.78 is 27.7. The normalized spacial score (nSPS) is 15.4. The summed E-state index contributed by atoms with van der Waals surface area (Å²) in [5, 5.41) is 3.78. The van der Waals surface area contributed by atoms with Gasteiger partial charge in [0, 0.05) is 30.2 Å². The molecule has 0 radical (unpaired) electrons. The van der Waals surface area contributed by atoms with Crippen molar-refractivity contribution in [1.82, 2.24) is 9.29 Å². The Morgan fingerprint density at radius 2 is 1.77 bits per heavy atom. The predicted octanol–water partition coefficient (Wildman–Crippen LogP) is 4.44. The molecule has 1 aliphatic carbocycles. The third-order valence-corrected chi connectivity index (χ3v) is 7.65. The number of nitrogens with zero attached hydrogens (tertiary/aromatic N) is 2. The Morgan fingerprint density at radius 1 is 1.03 bits per heavy atom. The fraction of sp³-hybridized carbons (Fsp3) is 0.304. The van der Waals surface area contributed by atoms with Crippen LogP contribution in [0.5, 0.6) is 0 Å². The molecule has 1 N–H and O–H groups in total.